The molecule has 1 fully saturated rings. The van der Waals surface area contributed by atoms with Crippen molar-refractivity contribution in [3.05, 3.63) is 34.3 Å². The van der Waals surface area contributed by atoms with Crippen molar-refractivity contribution in [1.82, 2.24) is 10.2 Å². The van der Waals surface area contributed by atoms with Gasteiger partial charge in [-0.3, -0.25) is 0 Å². The molecule has 0 aromatic heterocycles. The first kappa shape index (κ1) is 13.1. The van der Waals surface area contributed by atoms with Crippen LogP contribution in [0.1, 0.15) is 31.4 Å². The second-order valence-electron chi connectivity index (χ2n) is 4.93. The van der Waals surface area contributed by atoms with Gasteiger partial charge in [0.05, 0.1) is 0 Å². The van der Waals surface area contributed by atoms with Crippen molar-refractivity contribution in [2.24, 2.45) is 0 Å². The van der Waals surface area contributed by atoms with Gasteiger partial charge in [-0.25, -0.2) is 0 Å². The Morgan fingerprint density at radius 3 is 2.65 bits per heavy atom. The molecule has 2 rings (SSSR count). The van der Waals surface area contributed by atoms with Crippen LogP contribution in [-0.2, 0) is 0 Å². The van der Waals surface area contributed by atoms with Crippen molar-refractivity contribution >= 4 is 15.9 Å². The number of hydrogen-bond donors (Lipinski definition) is 1. The maximum atomic E-state index is 3.77. The maximum absolute atomic E-state index is 3.77. The summed E-state index contributed by atoms with van der Waals surface area (Å²) in [4.78, 5) is 2.39. The molecule has 3 heteroatoms. The highest BCUT2D eigenvalue weighted by atomic mass is 79.9. The summed E-state index contributed by atoms with van der Waals surface area (Å²) in [5.74, 6) is 0. The standard InChI is InChI=1S/C14H21BrN2/c1-3-14(11-4-6-12(15)7-5-11)16-13-8-9-17(2)10-13/h4-7,13-14,16H,3,8-10H2,1-2H3. The normalized spacial score (nSPS) is 22.9. The van der Waals surface area contributed by atoms with Crippen molar-refractivity contribution in [2.45, 2.75) is 31.8 Å². The Bertz CT molecular complexity index is 350. The van der Waals surface area contributed by atoms with Gasteiger partial charge in [0.25, 0.3) is 0 Å². The number of halogens is 1. The molecular formula is C14H21BrN2. The zero-order chi connectivity index (χ0) is 12.3. The predicted octanol–water partition coefficient (Wildman–Crippen LogP) is 3.19. The third kappa shape index (κ3) is 3.54. The van der Waals surface area contributed by atoms with Crippen LogP contribution < -0.4 is 5.32 Å². The number of hydrogen-bond acceptors (Lipinski definition) is 2. The maximum Gasteiger partial charge on any atom is 0.0320 e. The van der Waals surface area contributed by atoms with E-state index >= 15 is 0 Å². The van der Waals surface area contributed by atoms with Crippen LogP contribution in [0, 0.1) is 0 Å². The third-order valence-electron chi connectivity index (χ3n) is 3.51. The van der Waals surface area contributed by atoms with Crippen LogP contribution in [0.15, 0.2) is 28.7 Å². The highest BCUT2D eigenvalue weighted by Crippen LogP contribution is 2.21. The Hall–Kier alpha value is -0.380. The summed E-state index contributed by atoms with van der Waals surface area (Å²) >= 11 is 3.49. The van der Waals surface area contributed by atoms with Gasteiger partial charge in [0, 0.05) is 23.1 Å². The quantitative estimate of drug-likeness (QED) is 0.918. The van der Waals surface area contributed by atoms with Crippen molar-refractivity contribution in [2.75, 3.05) is 20.1 Å². The van der Waals surface area contributed by atoms with Gasteiger partial charge in [-0.1, -0.05) is 35.0 Å². The highest BCUT2D eigenvalue weighted by Gasteiger charge is 2.22. The van der Waals surface area contributed by atoms with E-state index < -0.39 is 0 Å². The van der Waals surface area contributed by atoms with Gasteiger partial charge in [0.1, 0.15) is 0 Å². The molecule has 17 heavy (non-hydrogen) atoms. The summed E-state index contributed by atoms with van der Waals surface area (Å²) in [6.07, 6.45) is 2.41. The number of rotatable bonds is 4. The first-order chi connectivity index (χ1) is 8.19. The molecule has 0 spiro atoms. The second-order valence-corrected chi connectivity index (χ2v) is 5.84. The predicted molar refractivity (Wildman–Crippen MR) is 76.2 cm³/mol. The topological polar surface area (TPSA) is 15.3 Å². The number of nitrogens with zero attached hydrogens (tertiary/aromatic N) is 1. The molecule has 94 valence electrons. The van der Waals surface area contributed by atoms with Gasteiger partial charge in [-0.05, 0) is 44.1 Å². The SMILES string of the molecule is CCC(NC1CCN(C)C1)c1ccc(Br)cc1. The molecule has 2 nitrogen and oxygen atoms in total. The Balaban J connectivity index is 1.98. The molecule has 1 aliphatic heterocycles. The number of likely N-dealkylation sites (N-methyl/N-ethyl adjacent to an activating group) is 1. The molecule has 1 N–H and O–H groups in total. The smallest absolute Gasteiger partial charge is 0.0320 e. The summed E-state index contributed by atoms with van der Waals surface area (Å²) in [6.45, 7) is 4.64. The van der Waals surface area contributed by atoms with Crippen LogP contribution >= 0.6 is 15.9 Å². The molecule has 2 unspecified atom stereocenters. The molecular weight excluding hydrogens is 276 g/mol. The number of nitrogens with one attached hydrogen (secondary N) is 1. The Morgan fingerprint density at radius 1 is 1.41 bits per heavy atom. The highest BCUT2D eigenvalue weighted by molar-refractivity contribution is 9.10. The number of likely N-dealkylation sites (tertiary alicyclic amines) is 1. The Morgan fingerprint density at radius 2 is 2.12 bits per heavy atom. The van der Waals surface area contributed by atoms with Gasteiger partial charge in [0.2, 0.25) is 0 Å². The minimum atomic E-state index is 0.486. The van der Waals surface area contributed by atoms with E-state index in [9.17, 15) is 0 Å². The average molecular weight is 297 g/mol. The minimum absolute atomic E-state index is 0.486. The first-order valence-corrected chi connectivity index (χ1v) is 7.18. The van der Waals surface area contributed by atoms with Gasteiger partial charge in [-0.15, -0.1) is 0 Å². The van der Waals surface area contributed by atoms with Crippen molar-refractivity contribution in [3.63, 3.8) is 0 Å². The minimum Gasteiger partial charge on any atom is -0.306 e. The van der Waals surface area contributed by atoms with E-state index in [1.807, 2.05) is 0 Å². The molecule has 0 bridgehead atoms. The Labute approximate surface area is 113 Å². The summed E-state index contributed by atoms with van der Waals surface area (Å²) in [5, 5.41) is 3.77. The van der Waals surface area contributed by atoms with Crippen molar-refractivity contribution in [1.29, 1.82) is 0 Å². The third-order valence-corrected chi connectivity index (χ3v) is 4.04. The van der Waals surface area contributed by atoms with Gasteiger partial charge in [-0.2, -0.15) is 0 Å². The number of benzene rings is 1. The van der Waals surface area contributed by atoms with E-state index in [-0.39, 0.29) is 0 Å². The first-order valence-electron chi connectivity index (χ1n) is 6.39. The van der Waals surface area contributed by atoms with Crippen LogP contribution in [-0.4, -0.2) is 31.1 Å². The van der Waals surface area contributed by atoms with Crippen molar-refractivity contribution in [3.8, 4) is 0 Å². The fraction of sp³-hybridized carbons (Fsp3) is 0.571. The molecule has 1 heterocycles. The molecule has 0 aliphatic carbocycles. The van der Waals surface area contributed by atoms with E-state index in [1.54, 1.807) is 0 Å². The summed E-state index contributed by atoms with van der Waals surface area (Å²) in [5.41, 5.74) is 1.39. The van der Waals surface area contributed by atoms with Crippen LogP contribution in [0.5, 0.6) is 0 Å². The lowest BCUT2D eigenvalue weighted by Crippen LogP contribution is -2.34. The molecule has 0 radical (unpaired) electrons. The fourth-order valence-electron chi connectivity index (χ4n) is 2.50. The molecule has 0 amide bonds. The molecule has 1 aliphatic rings. The molecule has 1 saturated heterocycles. The van der Waals surface area contributed by atoms with Crippen LogP contribution in [0.2, 0.25) is 0 Å². The average Bonchev–Trinajstić information content (AvgIpc) is 2.73. The van der Waals surface area contributed by atoms with Crippen LogP contribution in [0.25, 0.3) is 0 Å². The second kappa shape index (κ2) is 5.98. The summed E-state index contributed by atoms with van der Waals surface area (Å²) in [6, 6.07) is 9.81. The van der Waals surface area contributed by atoms with E-state index in [0.717, 1.165) is 10.9 Å². The van der Waals surface area contributed by atoms with Gasteiger partial charge in [0.15, 0.2) is 0 Å². The summed E-state index contributed by atoms with van der Waals surface area (Å²) in [7, 11) is 2.20. The zero-order valence-corrected chi connectivity index (χ0v) is 12.2. The van der Waals surface area contributed by atoms with E-state index in [1.165, 1.54) is 25.1 Å². The van der Waals surface area contributed by atoms with E-state index in [2.05, 4.69) is 64.4 Å². The summed E-state index contributed by atoms with van der Waals surface area (Å²) < 4.78 is 1.15. The van der Waals surface area contributed by atoms with Gasteiger partial charge < -0.3 is 10.2 Å². The fourth-order valence-corrected chi connectivity index (χ4v) is 2.76. The monoisotopic (exact) mass is 296 g/mol. The van der Waals surface area contributed by atoms with Crippen molar-refractivity contribution < 1.29 is 0 Å². The van der Waals surface area contributed by atoms with Crippen LogP contribution in [0.4, 0.5) is 0 Å². The van der Waals surface area contributed by atoms with E-state index in [4.69, 9.17) is 0 Å². The van der Waals surface area contributed by atoms with Crippen LogP contribution in [0.3, 0.4) is 0 Å². The molecule has 2 atom stereocenters. The lowest BCUT2D eigenvalue weighted by Gasteiger charge is -2.22. The molecule has 1 aromatic rings. The molecule has 1 aromatic carbocycles. The molecule has 0 saturated carbocycles. The largest absolute Gasteiger partial charge is 0.306 e. The lowest BCUT2D eigenvalue weighted by atomic mass is 10.0. The Kier molecular flexibility index (Phi) is 4.60. The lowest BCUT2D eigenvalue weighted by molar-refractivity contribution is 0.379. The zero-order valence-electron chi connectivity index (χ0n) is 10.6. The van der Waals surface area contributed by atoms with Gasteiger partial charge >= 0.3 is 0 Å². The van der Waals surface area contributed by atoms with E-state index in [0.29, 0.717) is 12.1 Å².